The third-order valence-electron chi connectivity index (χ3n) is 3.28. The summed E-state index contributed by atoms with van der Waals surface area (Å²) >= 11 is 3.28. The maximum Gasteiger partial charge on any atom is 0.140 e. The Morgan fingerprint density at radius 3 is 2.75 bits per heavy atom. The van der Waals surface area contributed by atoms with Gasteiger partial charge in [0.25, 0.3) is 0 Å². The predicted octanol–water partition coefficient (Wildman–Crippen LogP) is 4.72. The van der Waals surface area contributed by atoms with E-state index in [-0.39, 0.29) is 5.56 Å². The molecule has 0 saturated heterocycles. The highest BCUT2D eigenvalue weighted by Crippen LogP contribution is 2.31. The van der Waals surface area contributed by atoms with E-state index in [1.807, 2.05) is 25.1 Å². The van der Waals surface area contributed by atoms with E-state index >= 15 is 0 Å². The second kappa shape index (κ2) is 5.04. The van der Waals surface area contributed by atoms with Gasteiger partial charge in [-0.25, -0.2) is 4.39 Å². The highest BCUT2D eigenvalue weighted by Gasteiger charge is 2.19. The Morgan fingerprint density at radius 1 is 1.20 bits per heavy atom. The van der Waals surface area contributed by atoms with E-state index in [0.29, 0.717) is 10.2 Å². The number of para-hydroxylation sites is 1. The minimum Gasteiger partial charge on any atom is -0.458 e. The van der Waals surface area contributed by atoms with Crippen molar-refractivity contribution in [2.45, 2.75) is 13.0 Å². The Hall–Kier alpha value is -1.65. The number of hydrogen-bond acceptors (Lipinski definition) is 2. The van der Waals surface area contributed by atoms with Crippen LogP contribution >= 0.6 is 15.9 Å². The van der Waals surface area contributed by atoms with E-state index in [9.17, 15) is 9.50 Å². The van der Waals surface area contributed by atoms with Crippen LogP contribution in [0.2, 0.25) is 0 Å². The Bertz CT molecular complexity index is 779. The summed E-state index contributed by atoms with van der Waals surface area (Å²) in [5, 5.41) is 11.2. The van der Waals surface area contributed by atoms with Gasteiger partial charge in [0.05, 0.1) is 0 Å². The number of benzene rings is 2. The van der Waals surface area contributed by atoms with E-state index in [2.05, 4.69) is 15.9 Å². The minimum absolute atomic E-state index is 0.191. The lowest BCUT2D eigenvalue weighted by molar-refractivity contribution is 0.187. The number of rotatable bonds is 2. The number of aryl methyl sites for hydroxylation is 1. The molecule has 0 aliphatic heterocycles. The Kier molecular flexibility index (Phi) is 3.36. The zero-order chi connectivity index (χ0) is 14.3. The summed E-state index contributed by atoms with van der Waals surface area (Å²) in [6.45, 7) is 1.93. The van der Waals surface area contributed by atoms with Gasteiger partial charge in [-0.05, 0) is 36.8 Å². The van der Waals surface area contributed by atoms with Crippen LogP contribution in [0.5, 0.6) is 0 Å². The molecule has 1 heterocycles. The first-order chi connectivity index (χ1) is 9.56. The van der Waals surface area contributed by atoms with Gasteiger partial charge >= 0.3 is 0 Å². The number of aliphatic hydroxyl groups is 1. The molecule has 3 rings (SSSR count). The van der Waals surface area contributed by atoms with Crippen LogP contribution in [-0.4, -0.2) is 5.11 Å². The number of furan rings is 1. The Labute approximate surface area is 124 Å². The van der Waals surface area contributed by atoms with Gasteiger partial charge < -0.3 is 9.52 Å². The van der Waals surface area contributed by atoms with Crippen molar-refractivity contribution < 1.29 is 13.9 Å². The molecule has 0 radical (unpaired) electrons. The summed E-state index contributed by atoms with van der Waals surface area (Å²) < 4.78 is 20.2. The first kappa shape index (κ1) is 13.3. The van der Waals surface area contributed by atoms with Crippen LogP contribution in [0.4, 0.5) is 4.39 Å². The Balaban J connectivity index is 2.10. The summed E-state index contributed by atoms with van der Waals surface area (Å²) in [4.78, 5) is 0. The van der Waals surface area contributed by atoms with Crippen molar-refractivity contribution in [3.8, 4) is 0 Å². The summed E-state index contributed by atoms with van der Waals surface area (Å²) in [7, 11) is 0. The molecule has 0 aliphatic carbocycles. The molecule has 2 aromatic carbocycles. The van der Waals surface area contributed by atoms with Gasteiger partial charge in [0, 0.05) is 15.4 Å². The molecule has 0 amide bonds. The maximum absolute atomic E-state index is 13.8. The zero-order valence-electron chi connectivity index (χ0n) is 10.7. The van der Waals surface area contributed by atoms with Crippen molar-refractivity contribution in [2.75, 3.05) is 0 Å². The van der Waals surface area contributed by atoms with Gasteiger partial charge in [-0.15, -0.1) is 0 Å². The third kappa shape index (κ3) is 2.25. The quantitative estimate of drug-likeness (QED) is 0.735. The number of halogens is 2. The molecule has 0 aliphatic rings. The average Bonchev–Trinajstić information content (AvgIpc) is 2.86. The predicted molar refractivity (Wildman–Crippen MR) is 79.1 cm³/mol. The molecule has 1 atom stereocenters. The SMILES string of the molecule is Cc1cccc2cc(C(O)c3cc(Br)ccc3F)oc12. The molecule has 0 spiro atoms. The molecule has 102 valence electrons. The van der Waals surface area contributed by atoms with Gasteiger partial charge in [-0.2, -0.15) is 0 Å². The van der Waals surface area contributed by atoms with Gasteiger partial charge in [0.1, 0.15) is 23.3 Å². The summed E-state index contributed by atoms with van der Waals surface area (Å²) in [5.41, 5.74) is 1.89. The molecule has 20 heavy (non-hydrogen) atoms. The van der Waals surface area contributed by atoms with Crippen molar-refractivity contribution in [3.63, 3.8) is 0 Å². The van der Waals surface area contributed by atoms with Crippen LogP contribution in [0.1, 0.15) is 23.0 Å². The highest BCUT2D eigenvalue weighted by atomic mass is 79.9. The monoisotopic (exact) mass is 334 g/mol. The third-order valence-corrected chi connectivity index (χ3v) is 3.78. The number of aliphatic hydroxyl groups excluding tert-OH is 1. The lowest BCUT2D eigenvalue weighted by Crippen LogP contribution is -2.01. The summed E-state index contributed by atoms with van der Waals surface area (Å²) in [6.07, 6.45) is -1.13. The molecule has 1 unspecified atom stereocenters. The molecule has 0 bridgehead atoms. The second-order valence-electron chi connectivity index (χ2n) is 4.71. The van der Waals surface area contributed by atoms with E-state index in [4.69, 9.17) is 4.42 Å². The van der Waals surface area contributed by atoms with Gasteiger partial charge in [0.2, 0.25) is 0 Å². The van der Waals surface area contributed by atoms with Crippen molar-refractivity contribution in [2.24, 2.45) is 0 Å². The average molecular weight is 335 g/mol. The molecule has 1 aromatic heterocycles. The van der Waals surface area contributed by atoms with Gasteiger partial charge in [0.15, 0.2) is 0 Å². The number of hydrogen-bond donors (Lipinski definition) is 1. The fourth-order valence-electron chi connectivity index (χ4n) is 2.24. The second-order valence-corrected chi connectivity index (χ2v) is 5.63. The van der Waals surface area contributed by atoms with Crippen molar-refractivity contribution in [3.05, 3.63) is 69.6 Å². The van der Waals surface area contributed by atoms with E-state index < -0.39 is 11.9 Å². The van der Waals surface area contributed by atoms with Crippen molar-refractivity contribution in [1.82, 2.24) is 0 Å². The lowest BCUT2D eigenvalue weighted by Gasteiger charge is -2.09. The first-order valence-corrected chi connectivity index (χ1v) is 6.97. The number of fused-ring (bicyclic) bond motifs is 1. The van der Waals surface area contributed by atoms with Crippen LogP contribution < -0.4 is 0 Å². The van der Waals surface area contributed by atoms with E-state index in [1.165, 1.54) is 6.07 Å². The van der Waals surface area contributed by atoms with E-state index in [0.717, 1.165) is 16.5 Å². The van der Waals surface area contributed by atoms with Crippen LogP contribution in [0.15, 0.2) is 51.4 Å². The summed E-state index contributed by atoms with van der Waals surface area (Å²) in [5.74, 6) is -0.121. The molecule has 0 fully saturated rings. The van der Waals surface area contributed by atoms with Crippen LogP contribution in [0, 0.1) is 12.7 Å². The van der Waals surface area contributed by atoms with Gasteiger partial charge in [-0.3, -0.25) is 0 Å². The summed E-state index contributed by atoms with van der Waals surface area (Å²) in [6, 6.07) is 12.0. The zero-order valence-corrected chi connectivity index (χ0v) is 12.3. The van der Waals surface area contributed by atoms with Gasteiger partial charge in [-0.1, -0.05) is 34.1 Å². The van der Waals surface area contributed by atoms with Crippen LogP contribution in [-0.2, 0) is 0 Å². The lowest BCUT2D eigenvalue weighted by atomic mass is 10.1. The fourth-order valence-corrected chi connectivity index (χ4v) is 2.62. The minimum atomic E-state index is -1.13. The molecule has 2 nitrogen and oxygen atoms in total. The molecular weight excluding hydrogens is 323 g/mol. The molecule has 3 aromatic rings. The Morgan fingerprint density at radius 2 is 2.00 bits per heavy atom. The molecule has 0 saturated carbocycles. The van der Waals surface area contributed by atoms with Crippen LogP contribution in [0.3, 0.4) is 0 Å². The van der Waals surface area contributed by atoms with Crippen LogP contribution in [0.25, 0.3) is 11.0 Å². The smallest absolute Gasteiger partial charge is 0.140 e. The molecular formula is C16H12BrFO2. The molecule has 4 heteroatoms. The van der Waals surface area contributed by atoms with E-state index in [1.54, 1.807) is 18.2 Å². The topological polar surface area (TPSA) is 33.4 Å². The normalized spacial score (nSPS) is 12.8. The highest BCUT2D eigenvalue weighted by molar-refractivity contribution is 9.10. The van der Waals surface area contributed by atoms with Crippen molar-refractivity contribution in [1.29, 1.82) is 0 Å². The fraction of sp³-hybridized carbons (Fsp3) is 0.125. The maximum atomic E-state index is 13.8. The standard InChI is InChI=1S/C16H12BrFO2/c1-9-3-2-4-10-7-14(20-16(9)10)15(19)12-8-11(17)5-6-13(12)18/h2-8,15,19H,1H3. The first-order valence-electron chi connectivity index (χ1n) is 6.18. The van der Waals surface area contributed by atoms with Crippen molar-refractivity contribution >= 4 is 26.9 Å². The molecule has 1 N–H and O–H groups in total. The largest absolute Gasteiger partial charge is 0.458 e.